The van der Waals surface area contributed by atoms with Gasteiger partial charge in [-0.3, -0.25) is 4.79 Å². The topological polar surface area (TPSA) is 99.5 Å². The third kappa shape index (κ3) is 5.61. The van der Waals surface area contributed by atoms with Crippen molar-refractivity contribution in [2.45, 2.75) is 4.90 Å². The number of nitrogens with zero attached hydrogens (tertiary/aromatic N) is 2. The van der Waals surface area contributed by atoms with Gasteiger partial charge in [0.25, 0.3) is 0 Å². The van der Waals surface area contributed by atoms with Crippen molar-refractivity contribution in [3.63, 3.8) is 0 Å². The summed E-state index contributed by atoms with van der Waals surface area (Å²) in [5, 5.41) is 11.9. The number of hydrogen-bond donors (Lipinski definition) is 1. The van der Waals surface area contributed by atoms with Crippen molar-refractivity contribution in [1.29, 1.82) is 5.26 Å². The van der Waals surface area contributed by atoms with Crippen molar-refractivity contribution >= 4 is 33.2 Å². The van der Waals surface area contributed by atoms with Crippen LogP contribution in [0.2, 0.25) is 5.02 Å². The molecule has 0 radical (unpaired) electrons. The Kier molecular flexibility index (Phi) is 6.92. The zero-order valence-corrected chi connectivity index (χ0v) is 18.0. The monoisotopic (exact) mass is 455 g/mol. The van der Waals surface area contributed by atoms with Crippen LogP contribution >= 0.6 is 11.6 Å². The molecule has 0 aliphatic heterocycles. The fourth-order valence-electron chi connectivity index (χ4n) is 2.66. The number of carbonyl (C=O) groups is 1. The van der Waals surface area contributed by atoms with Gasteiger partial charge in [-0.25, -0.2) is 8.42 Å². The molecule has 0 saturated carbocycles. The summed E-state index contributed by atoms with van der Waals surface area (Å²) in [5.74, 6) is 0.363. The van der Waals surface area contributed by atoms with E-state index in [9.17, 15) is 13.2 Å². The molecule has 9 heteroatoms. The fraction of sp³-hybridized carbons (Fsp3) is 0.0909. The molecule has 3 rings (SSSR count). The van der Waals surface area contributed by atoms with Crippen molar-refractivity contribution < 1.29 is 17.9 Å². The van der Waals surface area contributed by atoms with E-state index in [0.717, 1.165) is 4.31 Å². The summed E-state index contributed by atoms with van der Waals surface area (Å²) in [5.41, 5.74) is 0.650. The number of anilines is 1. The molecule has 3 aromatic carbocycles. The number of sulfonamides is 1. The molecular weight excluding hydrogens is 438 g/mol. The maximum Gasteiger partial charge on any atom is 0.243 e. The first kappa shape index (κ1) is 22.3. The van der Waals surface area contributed by atoms with Crippen molar-refractivity contribution in [2.75, 3.05) is 18.9 Å². The first-order valence-corrected chi connectivity index (χ1v) is 10.9. The predicted molar refractivity (Wildman–Crippen MR) is 118 cm³/mol. The predicted octanol–water partition coefficient (Wildman–Crippen LogP) is 4.26. The molecule has 0 aliphatic rings. The second kappa shape index (κ2) is 9.62. The van der Waals surface area contributed by atoms with Crippen LogP contribution in [0.15, 0.2) is 77.7 Å². The maximum absolute atomic E-state index is 12.7. The van der Waals surface area contributed by atoms with Crippen molar-refractivity contribution in [3.8, 4) is 17.6 Å². The number of amides is 1. The highest BCUT2D eigenvalue weighted by molar-refractivity contribution is 7.89. The first-order chi connectivity index (χ1) is 14.8. The van der Waals surface area contributed by atoms with Crippen LogP contribution in [0.4, 0.5) is 5.69 Å². The van der Waals surface area contributed by atoms with E-state index in [0.29, 0.717) is 27.8 Å². The minimum Gasteiger partial charge on any atom is -0.455 e. The normalized spacial score (nSPS) is 11.0. The standard InChI is InChI=1S/C22H18ClN3O4S/c1-26(31(28,29)19-10-7-16(14-24)8-11-19)15-22(27)25-20-13-17(23)9-12-21(20)30-18-5-3-2-4-6-18/h2-13H,15H2,1H3,(H,25,27). The zero-order chi connectivity index (χ0) is 22.4. The molecular formula is C22H18ClN3O4S. The molecule has 0 spiro atoms. The van der Waals surface area contributed by atoms with Crippen LogP contribution in [0.5, 0.6) is 11.5 Å². The summed E-state index contributed by atoms with van der Waals surface area (Å²) >= 11 is 6.05. The molecule has 0 atom stereocenters. The Morgan fingerprint density at radius 1 is 1.10 bits per heavy atom. The molecule has 0 unspecified atom stereocenters. The van der Waals surface area contributed by atoms with Crippen LogP contribution in [0.25, 0.3) is 0 Å². The van der Waals surface area contributed by atoms with Crippen LogP contribution in [-0.4, -0.2) is 32.2 Å². The van der Waals surface area contributed by atoms with E-state index in [1.54, 1.807) is 24.3 Å². The summed E-state index contributed by atoms with van der Waals surface area (Å²) in [7, 11) is -2.61. The van der Waals surface area contributed by atoms with Crippen LogP contribution in [0.1, 0.15) is 5.56 Å². The molecule has 0 bridgehead atoms. The number of likely N-dealkylation sites (N-methyl/N-ethyl adjacent to an activating group) is 1. The van der Waals surface area contributed by atoms with Gasteiger partial charge in [0.15, 0.2) is 5.75 Å². The van der Waals surface area contributed by atoms with Crippen molar-refractivity contribution in [1.82, 2.24) is 4.31 Å². The number of nitrogens with one attached hydrogen (secondary N) is 1. The molecule has 0 fully saturated rings. The van der Waals surface area contributed by atoms with Gasteiger partial charge in [0.1, 0.15) is 5.75 Å². The number of halogens is 1. The van der Waals surface area contributed by atoms with Gasteiger partial charge in [-0.2, -0.15) is 9.57 Å². The van der Waals surface area contributed by atoms with Crippen LogP contribution in [-0.2, 0) is 14.8 Å². The van der Waals surface area contributed by atoms with Crippen LogP contribution in [0, 0.1) is 11.3 Å². The fourth-order valence-corrected chi connectivity index (χ4v) is 3.96. The molecule has 0 heterocycles. The second-order valence-corrected chi connectivity index (χ2v) is 8.98. The van der Waals surface area contributed by atoms with Crippen LogP contribution in [0.3, 0.4) is 0 Å². The zero-order valence-electron chi connectivity index (χ0n) is 16.4. The van der Waals surface area contributed by atoms with Gasteiger partial charge in [-0.15, -0.1) is 0 Å². The Hall–Kier alpha value is -3.38. The van der Waals surface area contributed by atoms with E-state index in [1.807, 2.05) is 24.3 Å². The van der Waals surface area contributed by atoms with E-state index in [4.69, 9.17) is 21.6 Å². The molecule has 3 aromatic rings. The number of ether oxygens (including phenoxy) is 1. The van der Waals surface area contributed by atoms with Gasteiger partial charge in [0, 0.05) is 12.1 Å². The molecule has 1 amide bonds. The van der Waals surface area contributed by atoms with Gasteiger partial charge in [0.05, 0.1) is 28.8 Å². The molecule has 31 heavy (non-hydrogen) atoms. The SMILES string of the molecule is CN(CC(=O)Nc1cc(Cl)ccc1Oc1ccccc1)S(=O)(=O)c1ccc(C#N)cc1. The van der Waals surface area contributed by atoms with Crippen LogP contribution < -0.4 is 10.1 Å². The lowest BCUT2D eigenvalue weighted by Crippen LogP contribution is -2.35. The summed E-state index contributed by atoms with van der Waals surface area (Å²) in [6, 6.07) is 21.1. The number of hydrogen-bond acceptors (Lipinski definition) is 5. The number of carbonyl (C=O) groups excluding carboxylic acids is 1. The van der Waals surface area contributed by atoms with Gasteiger partial charge in [-0.05, 0) is 54.6 Å². The van der Waals surface area contributed by atoms with Gasteiger partial charge >= 0.3 is 0 Å². The highest BCUT2D eigenvalue weighted by Gasteiger charge is 2.23. The van der Waals surface area contributed by atoms with Gasteiger partial charge in [0.2, 0.25) is 15.9 Å². The summed E-state index contributed by atoms with van der Waals surface area (Å²) in [6.45, 7) is -0.431. The van der Waals surface area contributed by atoms with E-state index < -0.39 is 22.5 Å². The highest BCUT2D eigenvalue weighted by Crippen LogP contribution is 2.32. The molecule has 0 aliphatic carbocycles. The Balaban J connectivity index is 1.74. The van der Waals surface area contributed by atoms with Crippen molar-refractivity contribution in [2.24, 2.45) is 0 Å². The van der Waals surface area contributed by atoms with E-state index in [1.165, 1.54) is 37.4 Å². The average Bonchev–Trinajstić information content (AvgIpc) is 2.76. The minimum absolute atomic E-state index is 0.0161. The third-order valence-electron chi connectivity index (χ3n) is 4.24. The molecule has 1 N–H and O–H groups in total. The lowest BCUT2D eigenvalue weighted by atomic mass is 10.2. The molecule has 0 aromatic heterocycles. The number of para-hydroxylation sites is 1. The second-order valence-electron chi connectivity index (χ2n) is 6.50. The van der Waals surface area contributed by atoms with E-state index >= 15 is 0 Å². The smallest absolute Gasteiger partial charge is 0.243 e. The van der Waals surface area contributed by atoms with Crippen molar-refractivity contribution in [3.05, 3.63) is 83.4 Å². The van der Waals surface area contributed by atoms with Gasteiger partial charge in [-0.1, -0.05) is 29.8 Å². The number of benzene rings is 3. The van der Waals surface area contributed by atoms with E-state index in [2.05, 4.69) is 5.32 Å². The first-order valence-electron chi connectivity index (χ1n) is 9.08. The summed E-state index contributed by atoms with van der Waals surface area (Å²) in [4.78, 5) is 12.5. The third-order valence-corrected chi connectivity index (χ3v) is 6.30. The maximum atomic E-state index is 12.7. The number of nitriles is 1. The molecule has 158 valence electrons. The largest absolute Gasteiger partial charge is 0.455 e. The Morgan fingerprint density at radius 2 is 1.77 bits per heavy atom. The highest BCUT2D eigenvalue weighted by atomic mass is 35.5. The number of rotatable bonds is 7. The van der Waals surface area contributed by atoms with Gasteiger partial charge < -0.3 is 10.1 Å². The summed E-state index contributed by atoms with van der Waals surface area (Å²) < 4.78 is 32.1. The lowest BCUT2D eigenvalue weighted by Gasteiger charge is -2.18. The average molecular weight is 456 g/mol. The minimum atomic E-state index is -3.91. The molecule has 7 nitrogen and oxygen atoms in total. The molecule has 0 saturated heterocycles. The Labute approximate surface area is 185 Å². The lowest BCUT2D eigenvalue weighted by molar-refractivity contribution is -0.116. The summed E-state index contributed by atoms with van der Waals surface area (Å²) in [6.07, 6.45) is 0. The Bertz CT molecular complexity index is 1220. The van der Waals surface area contributed by atoms with E-state index in [-0.39, 0.29) is 4.90 Å². The quantitative estimate of drug-likeness (QED) is 0.573. The Morgan fingerprint density at radius 3 is 2.42 bits per heavy atom.